The number of amides is 2. The number of carbonyl (C=O) groups is 1. The maximum atomic E-state index is 11.4. The largest absolute Gasteiger partial charge is 0.394 e. The van der Waals surface area contributed by atoms with Crippen molar-refractivity contribution in [1.29, 1.82) is 0 Å². The first-order chi connectivity index (χ1) is 7.52. The molecule has 1 aromatic rings. The molecule has 0 aliphatic heterocycles. The lowest BCUT2D eigenvalue weighted by Crippen LogP contribution is -2.38. The fraction of sp³-hybridized carbons (Fsp3) is 0.667. The van der Waals surface area contributed by atoms with Crippen molar-refractivity contribution in [2.75, 3.05) is 11.9 Å². The number of anilines is 1. The first-order valence-electron chi connectivity index (χ1n) is 5.04. The molecule has 3 N–H and O–H groups in total. The molecule has 6 nitrogen and oxygen atoms in total. The number of aliphatic hydroxyl groups excluding tert-OH is 1. The Morgan fingerprint density at radius 2 is 2.12 bits per heavy atom. The molecule has 0 bridgehead atoms. The molecule has 0 saturated carbocycles. The van der Waals surface area contributed by atoms with E-state index in [-0.39, 0.29) is 18.7 Å². The normalized spacial score (nSPS) is 12.6. The van der Waals surface area contributed by atoms with Crippen LogP contribution in [-0.4, -0.2) is 34.0 Å². The summed E-state index contributed by atoms with van der Waals surface area (Å²) in [5.74, 6) is 0.299. The number of nitrogens with zero attached hydrogens (tertiary/aromatic N) is 2. The van der Waals surface area contributed by atoms with Gasteiger partial charge in [-0.1, -0.05) is 25.2 Å². The molecule has 0 aliphatic rings. The number of urea groups is 1. The lowest BCUT2D eigenvalue weighted by molar-refractivity contribution is 0.229. The molecular weight excluding hydrogens is 228 g/mol. The number of nitrogens with one attached hydrogen (secondary N) is 2. The predicted octanol–water partition coefficient (Wildman–Crippen LogP) is 1.16. The van der Waals surface area contributed by atoms with Gasteiger partial charge in [0.2, 0.25) is 5.13 Å². The smallest absolute Gasteiger partial charge is 0.321 e. The van der Waals surface area contributed by atoms with E-state index >= 15 is 0 Å². The fourth-order valence-corrected chi connectivity index (χ4v) is 1.66. The van der Waals surface area contributed by atoms with Crippen molar-refractivity contribution in [1.82, 2.24) is 15.5 Å². The second-order valence-electron chi connectivity index (χ2n) is 3.78. The summed E-state index contributed by atoms with van der Waals surface area (Å²) in [6, 6.07) is -0.662. The average Bonchev–Trinajstić information content (AvgIpc) is 2.65. The van der Waals surface area contributed by atoms with Gasteiger partial charge in [-0.25, -0.2) is 4.79 Å². The fourth-order valence-electron chi connectivity index (χ4n) is 0.921. The molecule has 90 valence electrons. The van der Waals surface area contributed by atoms with Crippen molar-refractivity contribution >= 4 is 22.5 Å². The Kier molecular flexibility index (Phi) is 4.63. The van der Waals surface area contributed by atoms with Gasteiger partial charge < -0.3 is 10.4 Å². The van der Waals surface area contributed by atoms with Crippen LogP contribution < -0.4 is 10.6 Å². The number of carbonyl (C=O) groups excluding carboxylic acids is 1. The van der Waals surface area contributed by atoms with E-state index in [4.69, 9.17) is 5.11 Å². The van der Waals surface area contributed by atoms with Crippen LogP contribution in [0.25, 0.3) is 0 Å². The average molecular weight is 244 g/mol. The third-order valence-corrected chi connectivity index (χ3v) is 2.95. The Labute approximate surface area is 98.1 Å². The first-order valence-corrected chi connectivity index (χ1v) is 5.86. The number of aliphatic hydroxyl groups is 1. The van der Waals surface area contributed by atoms with Gasteiger partial charge in [0.15, 0.2) is 0 Å². The van der Waals surface area contributed by atoms with Crippen molar-refractivity contribution < 1.29 is 9.90 Å². The van der Waals surface area contributed by atoms with Crippen LogP contribution in [0.2, 0.25) is 0 Å². The SMILES string of the molecule is CC(CO)NC(=O)Nc1nnc(C(C)C)s1. The van der Waals surface area contributed by atoms with E-state index in [1.165, 1.54) is 11.3 Å². The number of aromatic nitrogens is 2. The molecule has 0 saturated heterocycles. The summed E-state index contributed by atoms with van der Waals surface area (Å²) in [4.78, 5) is 11.4. The molecular formula is C9H16N4O2S. The highest BCUT2D eigenvalue weighted by Gasteiger charge is 2.11. The summed E-state index contributed by atoms with van der Waals surface area (Å²) < 4.78 is 0. The molecule has 0 aromatic carbocycles. The van der Waals surface area contributed by atoms with E-state index in [0.29, 0.717) is 11.0 Å². The molecule has 2 amide bonds. The van der Waals surface area contributed by atoms with Gasteiger partial charge in [0.1, 0.15) is 5.01 Å². The van der Waals surface area contributed by atoms with Crippen LogP contribution in [0, 0.1) is 0 Å². The van der Waals surface area contributed by atoms with E-state index < -0.39 is 0 Å². The summed E-state index contributed by atoms with van der Waals surface area (Å²) in [5.41, 5.74) is 0. The topological polar surface area (TPSA) is 87.1 Å². The Hall–Kier alpha value is -1.21. The second-order valence-corrected chi connectivity index (χ2v) is 4.79. The van der Waals surface area contributed by atoms with Crippen molar-refractivity contribution in [3.63, 3.8) is 0 Å². The van der Waals surface area contributed by atoms with Crippen LogP contribution in [-0.2, 0) is 0 Å². The molecule has 16 heavy (non-hydrogen) atoms. The van der Waals surface area contributed by atoms with Gasteiger partial charge in [0.25, 0.3) is 0 Å². The van der Waals surface area contributed by atoms with Crippen molar-refractivity contribution in [2.24, 2.45) is 0 Å². The number of hydrogen-bond acceptors (Lipinski definition) is 5. The van der Waals surface area contributed by atoms with Gasteiger partial charge in [0.05, 0.1) is 12.6 Å². The van der Waals surface area contributed by atoms with Gasteiger partial charge in [-0.2, -0.15) is 0 Å². The van der Waals surface area contributed by atoms with Gasteiger partial charge in [-0.3, -0.25) is 5.32 Å². The standard InChI is InChI=1S/C9H16N4O2S/c1-5(2)7-12-13-9(16-7)11-8(15)10-6(3)4-14/h5-6,14H,4H2,1-3H3,(H2,10,11,13,15). The van der Waals surface area contributed by atoms with Gasteiger partial charge in [-0.05, 0) is 6.92 Å². The Balaban J connectivity index is 2.50. The van der Waals surface area contributed by atoms with Crippen molar-refractivity contribution in [2.45, 2.75) is 32.7 Å². The summed E-state index contributed by atoms with van der Waals surface area (Å²) >= 11 is 1.35. The lowest BCUT2D eigenvalue weighted by atomic mass is 10.2. The molecule has 0 aliphatic carbocycles. The van der Waals surface area contributed by atoms with Crippen molar-refractivity contribution in [3.05, 3.63) is 5.01 Å². The van der Waals surface area contributed by atoms with E-state index in [1.54, 1.807) is 6.92 Å². The molecule has 0 spiro atoms. The van der Waals surface area contributed by atoms with Crippen LogP contribution in [0.3, 0.4) is 0 Å². The Bertz CT molecular complexity index is 353. The molecule has 1 aromatic heterocycles. The zero-order valence-corrected chi connectivity index (χ0v) is 10.3. The molecule has 1 heterocycles. The lowest BCUT2D eigenvalue weighted by Gasteiger charge is -2.09. The van der Waals surface area contributed by atoms with Gasteiger partial charge in [-0.15, -0.1) is 10.2 Å². The minimum atomic E-state index is -0.381. The first kappa shape index (κ1) is 12.9. The minimum absolute atomic E-state index is 0.0964. The maximum Gasteiger partial charge on any atom is 0.321 e. The molecule has 1 atom stereocenters. The maximum absolute atomic E-state index is 11.4. The van der Waals surface area contributed by atoms with Gasteiger partial charge >= 0.3 is 6.03 Å². The van der Waals surface area contributed by atoms with Gasteiger partial charge in [0, 0.05) is 5.92 Å². The van der Waals surface area contributed by atoms with Crippen LogP contribution in [0.5, 0.6) is 0 Å². The quantitative estimate of drug-likeness (QED) is 0.741. The van der Waals surface area contributed by atoms with Crippen LogP contribution in [0.1, 0.15) is 31.7 Å². The highest BCUT2D eigenvalue weighted by Crippen LogP contribution is 2.22. The second kappa shape index (κ2) is 5.76. The van der Waals surface area contributed by atoms with E-state index in [9.17, 15) is 4.79 Å². The van der Waals surface area contributed by atoms with Crippen LogP contribution >= 0.6 is 11.3 Å². The molecule has 0 fully saturated rings. The third-order valence-electron chi connectivity index (χ3n) is 1.81. The summed E-state index contributed by atoms with van der Waals surface area (Å²) in [6.07, 6.45) is 0. The van der Waals surface area contributed by atoms with E-state index in [2.05, 4.69) is 20.8 Å². The van der Waals surface area contributed by atoms with Crippen molar-refractivity contribution in [3.8, 4) is 0 Å². The summed E-state index contributed by atoms with van der Waals surface area (Å²) in [5, 5.41) is 23.0. The summed E-state index contributed by atoms with van der Waals surface area (Å²) in [6.45, 7) is 5.64. The zero-order valence-electron chi connectivity index (χ0n) is 9.52. The van der Waals surface area contributed by atoms with Crippen LogP contribution in [0.4, 0.5) is 9.93 Å². The zero-order chi connectivity index (χ0) is 12.1. The third kappa shape index (κ3) is 3.74. The Morgan fingerprint density at radius 1 is 1.44 bits per heavy atom. The van der Waals surface area contributed by atoms with E-state index in [0.717, 1.165) is 5.01 Å². The number of hydrogen-bond donors (Lipinski definition) is 3. The number of rotatable bonds is 4. The Morgan fingerprint density at radius 3 is 2.62 bits per heavy atom. The molecule has 1 rings (SSSR count). The van der Waals surface area contributed by atoms with E-state index in [1.807, 2.05) is 13.8 Å². The predicted molar refractivity (Wildman–Crippen MR) is 62.7 cm³/mol. The monoisotopic (exact) mass is 244 g/mol. The molecule has 1 unspecified atom stereocenters. The molecule has 0 radical (unpaired) electrons. The highest BCUT2D eigenvalue weighted by molar-refractivity contribution is 7.15. The summed E-state index contributed by atoms with van der Waals surface area (Å²) in [7, 11) is 0. The highest BCUT2D eigenvalue weighted by atomic mass is 32.1. The molecule has 7 heteroatoms. The van der Waals surface area contributed by atoms with Crippen LogP contribution in [0.15, 0.2) is 0 Å². The minimum Gasteiger partial charge on any atom is -0.394 e.